The van der Waals surface area contributed by atoms with Gasteiger partial charge in [-0.25, -0.2) is 4.39 Å². The topological polar surface area (TPSA) is 91.3 Å². The first-order valence-corrected chi connectivity index (χ1v) is 5.79. The van der Waals surface area contributed by atoms with Crippen LogP contribution in [0.5, 0.6) is 5.75 Å². The third kappa shape index (κ3) is 2.76. The summed E-state index contributed by atoms with van der Waals surface area (Å²) < 4.78 is 18.8. The lowest BCUT2D eigenvalue weighted by atomic mass is 10.1. The van der Waals surface area contributed by atoms with Crippen LogP contribution in [-0.2, 0) is 0 Å². The van der Waals surface area contributed by atoms with Gasteiger partial charge in [0.2, 0.25) is 0 Å². The van der Waals surface area contributed by atoms with Gasteiger partial charge in [0.15, 0.2) is 6.17 Å². The van der Waals surface area contributed by atoms with Crippen LogP contribution in [-0.4, -0.2) is 25.2 Å². The molecule has 3 N–H and O–H groups in total. The third-order valence-corrected chi connectivity index (χ3v) is 2.43. The van der Waals surface area contributed by atoms with Gasteiger partial charge in [0.1, 0.15) is 11.4 Å². The van der Waals surface area contributed by atoms with Crippen molar-refractivity contribution < 1.29 is 18.7 Å². The summed E-state index contributed by atoms with van der Waals surface area (Å²) in [5.74, 6) is 0.0686. The molecule has 0 spiro atoms. The van der Waals surface area contributed by atoms with Gasteiger partial charge in [0.05, 0.1) is 6.20 Å². The molecule has 0 saturated heterocycles. The largest absolute Gasteiger partial charge is 0.427 e. The number of hydrogen-bond acceptors (Lipinski definition) is 5. The lowest BCUT2D eigenvalue weighted by Gasteiger charge is -2.12. The molecule has 1 heterocycles. The Morgan fingerprint density at radius 2 is 2.12 bits per heavy atom. The lowest BCUT2D eigenvalue weighted by molar-refractivity contribution is 0.355. The van der Waals surface area contributed by atoms with E-state index in [0.717, 1.165) is 0 Å². The van der Waals surface area contributed by atoms with Crippen LogP contribution in [0.3, 0.4) is 0 Å². The molecule has 8 heteroatoms. The minimum absolute atomic E-state index is 0.0686. The number of aromatic amines is 1. The average Bonchev–Trinajstić information content (AvgIpc) is 2.81. The minimum Gasteiger partial charge on any atom is -0.427 e. The first-order valence-electron chi connectivity index (χ1n) is 4.63. The van der Waals surface area contributed by atoms with E-state index in [-0.39, 0.29) is 17.0 Å². The van der Waals surface area contributed by atoms with Crippen LogP contribution in [0.15, 0.2) is 30.5 Å². The molecular formula is C9H9FN3O3P. The number of nitrogens with zero attached hydrogens (tertiary/aromatic N) is 2. The first kappa shape index (κ1) is 11.9. The predicted molar refractivity (Wildman–Crippen MR) is 57.8 cm³/mol. The van der Waals surface area contributed by atoms with E-state index < -0.39 is 14.8 Å². The number of alkyl halides is 1. The molecule has 0 fully saturated rings. The van der Waals surface area contributed by atoms with Crippen molar-refractivity contribution in [1.29, 1.82) is 0 Å². The molecule has 0 aliphatic heterocycles. The molecule has 2 aromatic rings. The molecule has 0 bridgehead atoms. The molecular weight excluding hydrogens is 248 g/mol. The van der Waals surface area contributed by atoms with Gasteiger partial charge < -0.3 is 14.3 Å². The Labute approximate surface area is 97.1 Å². The fourth-order valence-electron chi connectivity index (χ4n) is 1.35. The van der Waals surface area contributed by atoms with Crippen LogP contribution in [0, 0.1) is 0 Å². The Balaban J connectivity index is 2.31. The zero-order chi connectivity index (χ0) is 12.3. The SMILES string of the molecule is OP(O)Oc1ccccc1C(F)c1cn[nH]n1. The normalized spacial score (nSPS) is 12.7. The Morgan fingerprint density at radius 1 is 1.35 bits per heavy atom. The van der Waals surface area contributed by atoms with E-state index in [1.54, 1.807) is 12.1 Å². The van der Waals surface area contributed by atoms with E-state index in [0.29, 0.717) is 0 Å². The molecule has 0 amide bonds. The number of rotatable bonds is 4. The predicted octanol–water partition coefficient (Wildman–Crippen LogP) is 1.45. The van der Waals surface area contributed by atoms with E-state index in [1.165, 1.54) is 18.3 Å². The highest BCUT2D eigenvalue weighted by atomic mass is 31.2. The summed E-state index contributed by atoms with van der Waals surface area (Å²) >= 11 is 0. The van der Waals surface area contributed by atoms with E-state index in [1.807, 2.05) is 0 Å². The van der Waals surface area contributed by atoms with Crippen LogP contribution in [0.1, 0.15) is 17.4 Å². The van der Waals surface area contributed by atoms with Gasteiger partial charge in [0.25, 0.3) is 0 Å². The molecule has 6 nitrogen and oxygen atoms in total. The summed E-state index contributed by atoms with van der Waals surface area (Å²) in [4.78, 5) is 17.6. The minimum atomic E-state index is -2.59. The first-order chi connectivity index (χ1) is 8.18. The highest BCUT2D eigenvalue weighted by molar-refractivity contribution is 7.39. The standard InChI is InChI=1S/C9H9FN3O3P/c10-9(7-5-11-13-12-7)6-3-1-2-4-8(6)16-17(14)15/h1-5,9,14-15H,(H,11,12,13). The lowest BCUT2D eigenvalue weighted by Crippen LogP contribution is -1.98. The molecule has 0 radical (unpaired) electrons. The van der Waals surface area contributed by atoms with Gasteiger partial charge in [-0.05, 0) is 6.07 Å². The molecule has 17 heavy (non-hydrogen) atoms. The zero-order valence-electron chi connectivity index (χ0n) is 8.49. The van der Waals surface area contributed by atoms with Gasteiger partial charge in [-0.3, -0.25) is 0 Å². The number of para-hydroxylation sites is 1. The molecule has 90 valence electrons. The highest BCUT2D eigenvalue weighted by Gasteiger charge is 2.20. The van der Waals surface area contributed by atoms with E-state index in [9.17, 15) is 4.39 Å². The second-order valence-electron chi connectivity index (χ2n) is 3.14. The molecule has 2 rings (SSSR count). The van der Waals surface area contributed by atoms with Crippen molar-refractivity contribution in [2.45, 2.75) is 6.17 Å². The second kappa shape index (κ2) is 5.18. The van der Waals surface area contributed by atoms with Gasteiger partial charge >= 0.3 is 8.60 Å². The van der Waals surface area contributed by atoms with Crippen LogP contribution in [0.4, 0.5) is 4.39 Å². The van der Waals surface area contributed by atoms with Crippen LogP contribution in [0.2, 0.25) is 0 Å². The maximum Gasteiger partial charge on any atom is 0.391 e. The number of H-pyrrole nitrogens is 1. The van der Waals surface area contributed by atoms with Gasteiger partial charge in [-0.1, -0.05) is 18.2 Å². The highest BCUT2D eigenvalue weighted by Crippen LogP contribution is 2.37. The smallest absolute Gasteiger partial charge is 0.391 e. The summed E-state index contributed by atoms with van der Waals surface area (Å²) in [6.45, 7) is 0. The Kier molecular flexibility index (Phi) is 3.63. The van der Waals surface area contributed by atoms with E-state index in [2.05, 4.69) is 15.4 Å². The molecule has 1 unspecified atom stereocenters. The van der Waals surface area contributed by atoms with Crippen molar-refractivity contribution in [2.75, 3.05) is 0 Å². The molecule has 0 saturated carbocycles. The van der Waals surface area contributed by atoms with E-state index >= 15 is 0 Å². The monoisotopic (exact) mass is 257 g/mol. The van der Waals surface area contributed by atoms with Crippen molar-refractivity contribution in [1.82, 2.24) is 15.4 Å². The zero-order valence-corrected chi connectivity index (χ0v) is 9.38. The fourth-order valence-corrected chi connectivity index (χ4v) is 1.70. The number of nitrogens with one attached hydrogen (secondary N) is 1. The van der Waals surface area contributed by atoms with Gasteiger partial charge in [-0.2, -0.15) is 15.4 Å². The Morgan fingerprint density at radius 3 is 2.76 bits per heavy atom. The molecule has 1 aromatic heterocycles. The molecule has 0 aliphatic carbocycles. The fraction of sp³-hybridized carbons (Fsp3) is 0.111. The van der Waals surface area contributed by atoms with Crippen LogP contribution < -0.4 is 4.52 Å². The summed E-state index contributed by atoms with van der Waals surface area (Å²) in [5.41, 5.74) is 0.262. The maximum absolute atomic E-state index is 14.1. The summed E-state index contributed by atoms with van der Waals surface area (Å²) in [6.07, 6.45) is -0.290. The molecule has 1 atom stereocenters. The van der Waals surface area contributed by atoms with Crippen molar-refractivity contribution in [3.8, 4) is 5.75 Å². The third-order valence-electron chi connectivity index (χ3n) is 2.07. The number of halogens is 1. The van der Waals surface area contributed by atoms with Crippen LogP contribution >= 0.6 is 8.60 Å². The summed E-state index contributed by atoms with van der Waals surface area (Å²) in [7, 11) is -2.59. The van der Waals surface area contributed by atoms with Crippen molar-refractivity contribution in [3.63, 3.8) is 0 Å². The second-order valence-corrected chi connectivity index (χ2v) is 3.83. The number of aromatic nitrogens is 3. The van der Waals surface area contributed by atoms with Crippen molar-refractivity contribution in [2.24, 2.45) is 0 Å². The number of benzene rings is 1. The summed E-state index contributed by atoms with van der Waals surface area (Å²) in [5, 5.41) is 9.44. The molecule has 1 aromatic carbocycles. The van der Waals surface area contributed by atoms with Gasteiger partial charge in [-0.15, -0.1) is 0 Å². The average molecular weight is 257 g/mol. The van der Waals surface area contributed by atoms with E-state index in [4.69, 9.17) is 14.3 Å². The Hall–Kier alpha value is -1.56. The quantitative estimate of drug-likeness (QED) is 0.721. The van der Waals surface area contributed by atoms with Gasteiger partial charge in [0, 0.05) is 5.56 Å². The van der Waals surface area contributed by atoms with Crippen LogP contribution in [0.25, 0.3) is 0 Å². The van der Waals surface area contributed by atoms with Crippen molar-refractivity contribution >= 4 is 8.60 Å². The number of hydrogen-bond donors (Lipinski definition) is 3. The maximum atomic E-state index is 14.1. The Bertz CT molecular complexity index is 480. The summed E-state index contributed by atoms with van der Waals surface area (Å²) in [6, 6.07) is 6.15. The van der Waals surface area contributed by atoms with Crippen molar-refractivity contribution in [3.05, 3.63) is 41.7 Å². The molecule has 0 aliphatic rings.